The smallest absolute Gasteiger partial charge is 1.00 e. The van der Waals surface area contributed by atoms with Crippen molar-refractivity contribution in [3.05, 3.63) is 0 Å². The van der Waals surface area contributed by atoms with Crippen molar-refractivity contribution in [1.82, 2.24) is 0 Å². The van der Waals surface area contributed by atoms with Gasteiger partial charge >= 0.3 is 59.3 Å². The number of rotatable bonds is 0. The van der Waals surface area contributed by atoms with Crippen LogP contribution in [0.1, 0.15) is 2.85 Å². The van der Waals surface area contributed by atoms with E-state index >= 15 is 0 Å². The van der Waals surface area contributed by atoms with E-state index in [0.717, 1.165) is 0 Å². The monoisotopic (exact) mass is 308 g/mol. The second-order valence-corrected chi connectivity index (χ2v) is 1.34. The Kier molecular flexibility index (Phi) is 25.5. The van der Waals surface area contributed by atoms with Gasteiger partial charge in [-0.3, -0.25) is 9.11 Å². The summed E-state index contributed by atoms with van der Waals surface area (Å²) in [5.74, 6) is 0. The summed E-state index contributed by atoms with van der Waals surface area (Å²) in [6, 6.07) is 0. The van der Waals surface area contributed by atoms with Crippen LogP contribution < -0.4 is 0 Å². The first-order chi connectivity index (χ1) is 2.00. The zero-order valence-corrected chi connectivity index (χ0v) is 10.8. The molecule has 4 nitrogen and oxygen atoms in total. The number of halogens is 1. The van der Waals surface area contributed by atoms with Gasteiger partial charge in [0.15, 0.2) is 0 Å². The van der Waals surface area contributed by atoms with E-state index in [1.54, 1.807) is 0 Å². The second kappa shape index (κ2) is 9.08. The Bertz CT molecular complexity index is 104. The standard InChI is InChI=1S/Ba.ClH.H2O4S.H2S.2H/c;;1-5(2,3)4;;;/h;1H;(H2,1,2,3,4);1H2;;/q+2;;;;2*-1. The molecule has 0 rings (SSSR count). The molecule has 8 heavy (non-hydrogen) atoms. The minimum Gasteiger partial charge on any atom is -1.00 e. The average molecular weight is 308 g/mol. The molecule has 0 heterocycles. The van der Waals surface area contributed by atoms with Gasteiger partial charge in [0.1, 0.15) is 0 Å². The number of hydrogen-bond acceptors (Lipinski definition) is 2. The molecular formula is H7BaClO4S2. The molecule has 0 saturated carbocycles. The fourth-order valence-corrected chi connectivity index (χ4v) is 0. The van der Waals surface area contributed by atoms with Crippen LogP contribution in [-0.2, 0) is 10.4 Å². The van der Waals surface area contributed by atoms with Gasteiger partial charge < -0.3 is 2.85 Å². The summed E-state index contributed by atoms with van der Waals surface area (Å²) in [6.45, 7) is 0. The van der Waals surface area contributed by atoms with Crippen LogP contribution >= 0.6 is 25.9 Å². The Labute approximate surface area is 104 Å². The molecular weight excluding hydrogens is 301 g/mol. The van der Waals surface area contributed by atoms with E-state index in [2.05, 4.69) is 0 Å². The first-order valence-corrected chi connectivity index (χ1v) is 2.10. The van der Waals surface area contributed by atoms with E-state index in [-0.39, 0.29) is 77.6 Å². The predicted molar refractivity (Wildman–Crippen MR) is 39.8 cm³/mol. The van der Waals surface area contributed by atoms with E-state index in [9.17, 15) is 0 Å². The summed E-state index contributed by atoms with van der Waals surface area (Å²) >= 11 is 0. The van der Waals surface area contributed by atoms with Crippen LogP contribution in [0.3, 0.4) is 0 Å². The van der Waals surface area contributed by atoms with Crippen molar-refractivity contribution < 1.29 is 20.4 Å². The Morgan fingerprint density at radius 1 is 1.25 bits per heavy atom. The zero-order chi connectivity index (χ0) is 4.50. The molecule has 0 unspecified atom stereocenters. The maximum absolute atomic E-state index is 8.74. The minimum atomic E-state index is -4.67. The van der Waals surface area contributed by atoms with Gasteiger partial charge in [-0.15, -0.1) is 12.4 Å². The van der Waals surface area contributed by atoms with Crippen molar-refractivity contribution in [3.63, 3.8) is 0 Å². The topological polar surface area (TPSA) is 74.6 Å². The second-order valence-electron chi connectivity index (χ2n) is 0.448. The van der Waals surface area contributed by atoms with Crippen molar-refractivity contribution in [2.45, 2.75) is 0 Å². The van der Waals surface area contributed by atoms with Gasteiger partial charge in [-0.2, -0.15) is 21.9 Å². The third-order valence-electron chi connectivity index (χ3n) is 0. The average Bonchev–Trinajstić information content (AvgIpc) is 0.722. The number of hydrogen-bond donors (Lipinski definition) is 2. The Morgan fingerprint density at radius 3 is 1.25 bits per heavy atom. The summed E-state index contributed by atoms with van der Waals surface area (Å²) in [4.78, 5) is 0. The van der Waals surface area contributed by atoms with Crippen LogP contribution in [0.15, 0.2) is 0 Å². The van der Waals surface area contributed by atoms with Gasteiger partial charge in [0.25, 0.3) is 0 Å². The predicted octanol–water partition coefficient (Wildman–Crippen LogP) is -0.274. The SMILES string of the molecule is Cl.O=S(=O)(O)O.S.[Ba+2].[H-].[H-]. The van der Waals surface area contributed by atoms with Crippen LogP contribution in [-0.4, -0.2) is 66.4 Å². The van der Waals surface area contributed by atoms with E-state index in [4.69, 9.17) is 17.5 Å². The van der Waals surface area contributed by atoms with Crippen molar-refractivity contribution in [3.8, 4) is 0 Å². The molecule has 0 aliphatic heterocycles. The van der Waals surface area contributed by atoms with Gasteiger partial charge in [-0.1, -0.05) is 0 Å². The summed E-state index contributed by atoms with van der Waals surface area (Å²) in [7, 11) is -4.67. The molecule has 0 saturated heterocycles. The fraction of sp³-hybridized carbons (Fsp3) is 0. The van der Waals surface area contributed by atoms with Crippen molar-refractivity contribution in [1.29, 1.82) is 0 Å². The molecule has 0 aromatic heterocycles. The molecule has 2 N–H and O–H groups in total. The van der Waals surface area contributed by atoms with Crippen LogP contribution in [0.4, 0.5) is 0 Å². The zero-order valence-electron chi connectivity index (χ0n) is 5.73. The van der Waals surface area contributed by atoms with Crippen LogP contribution in [0.2, 0.25) is 0 Å². The molecule has 0 radical (unpaired) electrons. The van der Waals surface area contributed by atoms with Crippen LogP contribution in [0.25, 0.3) is 0 Å². The molecule has 0 aliphatic carbocycles. The van der Waals surface area contributed by atoms with Gasteiger partial charge in [0, 0.05) is 0 Å². The van der Waals surface area contributed by atoms with Gasteiger partial charge in [0.2, 0.25) is 0 Å². The first kappa shape index (κ1) is 22.5. The summed E-state index contributed by atoms with van der Waals surface area (Å²) in [6.07, 6.45) is 0. The summed E-state index contributed by atoms with van der Waals surface area (Å²) in [5.41, 5.74) is 0. The summed E-state index contributed by atoms with van der Waals surface area (Å²) in [5, 5.41) is 0. The van der Waals surface area contributed by atoms with Crippen molar-refractivity contribution in [2.75, 3.05) is 0 Å². The van der Waals surface area contributed by atoms with Crippen molar-refractivity contribution in [2.24, 2.45) is 0 Å². The molecule has 52 valence electrons. The Morgan fingerprint density at radius 2 is 1.25 bits per heavy atom. The fourth-order valence-electron chi connectivity index (χ4n) is 0. The van der Waals surface area contributed by atoms with Crippen LogP contribution in [0, 0.1) is 0 Å². The normalized spacial score (nSPS) is 7.25. The van der Waals surface area contributed by atoms with E-state index < -0.39 is 10.4 Å². The summed E-state index contributed by atoms with van der Waals surface area (Å²) < 4.78 is 31.6. The van der Waals surface area contributed by atoms with E-state index in [1.165, 1.54) is 0 Å². The third kappa shape index (κ3) is 93.5. The molecule has 0 atom stereocenters. The maximum Gasteiger partial charge on any atom is 2.00 e. The molecule has 0 spiro atoms. The van der Waals surface area contributed by atoms with E-state index in [1.807, 2.05) is 0 Å². The third-order valence-corrected chi connectivity index (χ3v) is 0. The molecule has 0 fully saturated rings. The largest absolute Gasteiger partial charge is 2.00 e. The molecule has 0 aliphatic rings. The Balaban J connectivity index is -0.00000000800. The minimum absolute atomic E-state index is 0. The molecule has 0 aromatic rings. The molecule has 8 heteroatoms. The van der Waals surface area contributed by atoms with E-state index in [0.29, 0.717) is 0 Å². The molecule has 0 amide bonds. The molecule has 0 bridgehead atoms. The van der Waals surface area contributed by atoms with Crippen molar-refractivity contribution >= 4 is 85.2 Å². The quantitative estimate of drug-likeness (QED) is 0.477. The molecule has 0 aromatic carbocycles. The Hall–Kier alpha value is 2.08. The van der Waals surface area contributed by atoms with Crippen LogP contribution in [0.5, 0.6) is 0 Å². The van der Waals surface area contributed by atoms with Gasteiger partial charge in [-0.25, -0.2) is 0 Å². The first-order valence-electron chi connectivity index (χ1n) is 0.698. The maximum atomic E-state index is 8.74. The van der Waals surface area contributed by atoms with Gasteiger partial charge in [-0.05, 0) is 0 Å². The van der Waals surface area contributed by atoms with Gasteiger partial charge in [0.05, 0.1) is 0 Å².